The molecule has 0 spiro atoms. The second kappa shape index (κ2) is 8.36. The molecule has 0 radical (unpaired) electrons. The van der Waals surface area contributed by atoms with Crippen molar-refractivity contribution in [3.63, 3.8) is 0 Å². The number of hydrogen-bond donors (Lipinski definition) is 1. The molecule has 1 amide bonds. The van der Waals surface area contributed by atoms with E-state index in [1.165, 1.54) is 17.5 Å². The Balaban J connectivity index is 2.56. The summed E-state index contributed by atoms with van der Waals surface area (Å²) in [4.78, 5) is 12.1. The highest BCUT2D eigenvalue weighted by Gasteiger charge is 2.11. The Morgan fingerprint density at radius 1 is 1.26 bits per heavy atom. The Morgan fingerprint density at radius 2 is 2.00 bits per heavy atom. The van der Waals surface area contributed by atoms with Gasteiger partial charge in [0, 0.05) is 17.4 Å². The number of halogens is 1. The molecule has 1 N–H and O–H groups in total. The molecule has 1 atom stereocenters. The molecule has 0 heterocycles. The number of rotatable bonds is 7. The Morgan fingerprint density at radius 3 is 2.58 bits per heavy atom. The van der Waals surface area contributed by atoms with Gasteiger partial charge in [0.15, 0.2) is 0 Å². The predicted octanol–water partition coefficient (Wildman–Crippen LogP) is 4.23. The summed E-state index contributed by atoms with van der Waals surface area (Å²) in [5.41, 5.74) is 3.15. The molecule has 0 aliphatic carbocycles. The molecular formula is C16H24BrNO. The maximum atomic E-state index is 12.1. The first-order valence-corrected chi connectivity index (χ1v) is 8.12. The van der Waals surface area contributed by atoms with Gasteiger partial charge in [0.2, 0.25) is 0 Å². The second-order valence-electron chi connectivity index (χ2n) is 5.14. The van der Waals surface area contributed by atoms with Crippen LogP contribution in [-0.4, -0.2) is 17.8 Å². The van der Waals surface area contributed by atoms with Crippen LogP contribution in [0.15, 0.2) is 18.2 Å². The molecule has 0 saturated heterocycles. The van der Waals surface area contributed by atoms with Gasteiger partial charge in [-0.05, 0) is 55.9 Å². The molecule has 0 aromatic heterocycles. The van der Waals surface area contributed by atoms with Gasteiger partial charge in [-0.15, -0.1) is 0 Å². The molecule has 0 fully saturated rings. The van der Waals surface area contributed by atoms with Crippen LogP contribution in [0, 0.1) is 19.8 Å². The third kappa shape index (κ3) is 5.35. The fourth-order valence-corrected chi connectivity index (χ4v) is 2.78. The number of hydrogen-bond acceptors (Lipinski definition) is 1. The standard InChI is InChI=1S/C16H24BrNO/c1-4-5-14(8-9-17)11-18-16(19)15-7-6-12(2)13(3)10-15/h6-7,10,14H,4-5,8-9,11H2,1-3H3,(H,18,19). The summed E-state index contributed by atoms with van der Waals surface area (Å²) in [6.07, 6.45) is 3.44. The van der Waals surface area contributed by atoms with Crippen LogP contribution in [-0.2, 0) is 0 Å². The number of carbonyl (C=O) groups is 1. The van der Waals surface area contributed by atoms with Gasteiger partial charge in [-0.2, -0.15) is 0 Å². The van der Waals surface area contributed by atoms with Gasteiger partial charge in [-0.25, -0.2) is 0 Å². The number of benzene rings is 1. The van der Waals surface area contributed by atoms with Crippen molar-refractivity contribution in [1.29, 1.82) is 0 Å². The van der Waals surface area contributed by atoms with Gasteiger partial charge in [0.1, 0.15) is 0 Å². The zero-order valence-electron chi connectivity index (χ0n) is 12.1. The summed E-state index contributed by atoms with van der Waals surface area (Å²) in [7, 11) is 0. The van der Waals surface area contributed by atoms with E-state index in [2.05, 4.69) is 35.1 Å². The van der Waals surface area contributed by atoms with Gasteiger partial charge < -0.3 is 5.32 Å². The van der Waals surface area contributed by atoms with E-state index in [-0.39, 0.29) is 5.91 Å². The largest absolute Gasteiger partial charge is 0.352 e. The average molecular weight is 326 g/mol. The normalized spacial score (nSPS) is 12.2. The lowest BCUT2D eigenvalue weighted by molar-refractivity contribution is 0.0946. The molecule has 1 rings (SSSR count). The van der Waals surface area contributed by atoms with Crippen LogP contribution >= 0.6 is 15.9 Å². The van der Waals surface area contributed by atoms with Crippen LogP contribution in [0.5, 0.6) is 0 Å². The highest BCUT2D eigenvalue weighted by atomic mass is 79.9. The molecule has 1 unspecified atom stereocenters. The molecule has 0 saturated carbocycles. The zero-order valence-corrected chi connectivity index (χ0v) is 13.7. The number of amides is 1. The van der Waals surface area contributed by atoms with Crippen molar-refractivity contribution < 1.29 is 4.79 Å². The SMILES string of the molecule is CCCC(CCBr)CNC(=O)c1ccc(C)c(C)c1. The fourth-order valence-electron chi connectivity index (χ4n) is 2.13. The molecule has 0 bridgehead atoms. The molecule has 2 nitrogen and oxygen atoms in total. The Labute approximate surface area is 125 Å². The van der Waals surface area contributed by atoms with E-state index < -0.39 is 0 Å². The minimum Gasteiger partial charge on any atom is -0.352 e. The molecule has 1 aromatic carbocycles. The van der Waals surface area contributed by atoms with E-state index in [9.17, 15) is 4.79 Å². The molecule has 0 aliphatic rings. The molecule has 0 aliphatic heterocycles. The van der Waals surface area contributed by atoms with E-state index in [0.29, 0.717) is 5.92 Å². The van der Waals surface area contributed by atoms with Gasteiger partial charge in [-0.3, -0.25) is 4.79 Å². The zero-order chi connectivity index (χ0) is 14.3. The monoisotopic (exact) mass is 325 g/mol. The lowest BCUT2D eigenvalue weighted by atomic mass is 10.0. The summed E-state index contributed by atoms with van der Waals surface area (Å²) in [6.45, 7) is 7.05. The summed E-state index contributed by atoms with van der Waals surface area (Å²) < 4.78 is 0. The molecule has 19 heavy (non-hydrogen) atoms. The molecule has 1 aromatic rings. The molecule has 106 valence electrons. The van der Waals surface area contributed by atoms with Crippen molar-refractivity contribution in [2.45, 2.75) is 40.0 Å². The first-order chi connectivity index (χ1) is 9.08. The van der Waals surface area contributed by atoms with Crippen molar-refractivity contribution in [2.75, 3.05) is 11.9 Å². The van der Waals surface area contributed by atoms with E-state index in [1.807, 2.05) is 25.1 Å². The maximum Gasteiger partial charge on any atom is 0.251 e. The van der Waals surface area contributed by atoms with Crippen molar-refractivity contribution in [2.24, 2.45) is 5.92 Å². The predicted molar refractivity (Wildman–Crippen MR) is 85.1 cm³/mol. The van der Waals surface area contributed by atoms with Crippen LogP contribution in [0.25, 0.3) is 0 Å². The first-order valence-electron chi connectivity index (χ1n) is 6.99. The number of alkyl halides is 1. The highest BCUT2D eigenvalue weighted by Crippen LogP contribution is 2.13. The van der Waals surface area contributed by atoms with E-state index >= 15 is 0 Å². The lowest BCUT2D eigenvalue weighted by Gasteiger charge is -2.16. The van der Waals surface area contributed by atoms with Crippen LogP contribution in [0.3, 0.4) is 0 Å². The van der Waals surface area contributed by atoms with Crippen LogP contribution in [0.2, 0.25) is 0 Å². The second-order valence-corrected chi connectivity index (χ2v) is 5.93. The summed E-state index contributed by atoms with van der Waals surface area (Å²) in [5.74, 6) is 0.610. The van der Waals surface area contributed by atoms with Gasteiger partial charge in [0.25, 0.3) is 5.91 Å². The number of nitrogens with one attached hydrogen (secondary N) is 1. The number of carbonyl (C=O) groups excluding carboxylic acids is 1. The van der Waals surface area contributed by atoms with E-state index in [0.717, 1.165) is 30.3 Å². The van der Waals surface area contributed by atoms with E-state index in [4.69, 9.17) is 0 Å². The minimum atomic E-state index is 0.0405. The van der Waals surface area contributed by atoms with E-state index in [1.54, 1.807) is 0 Å². The van der Waals surface area contributed by atoms with Crippen LogP contribution in [0.1, 0.15) is 47.7 Å². The van der Waals surface area contributed by atoms with Crippen molar-refractivity contribution >= 4 is 21.8 Å². The van der Waals surface area contributed by atoms with Crippen LogP contribution < -0.4 is 5.32 Å². The lowest BCUT2D eigenvalue weighted by Crippen LogP contribution is -2.29. The van der Waals surface area contributed by atoms with Crippen molar-refractivity contribution in [3.05, 3.63) is 34.9 Å². The molecule has 3 heteroatoms. The molecular weight excluding hydrogens is 302 g/mol. The van der Waals surface area contributed by atoms with Crippen molar-refractivity contribution in [1.82, 2.24) is 5.32 Å². The smallest absolute Gasteiger partial charge is 0.251 e. The summed E-state index contributed by atoms with van der Waals surface area (Å²) >= 11 is 3.48. The van der Waals surface area contributed by atoms with Crippen LogP contribution in [0.4, 0.5) is 0 Å². The Bertz CT molecular complexity index is 411. The Kier molecular flexibility index (Phi) is 7.14. The van der Waals surface area contributed by atoms with Gasteiger partial charge in [0.05, 0.1) is 0 Å². The summed E-state index contributed by atoms with van der Waals surface area (Å²) in [6, 6.07) is 5.87. The number of aryl methyl sites for hydroxylation is 2. The maximum absolute atomic E-state index is 12.1. The topological polar surface area (TPSA) is 29.1 Å². The van der Waals surface area contributed by atoms with Gasteiger partial charge in [-0.1, -0.05) is 35.3 Å². The quantitative estimate of drug-likeness (QED) is 0.746. The van der Waals surface area contributed by atoms with Crippen molar-refractivity contribution in [3.8, 4) is 0 Å². The fraction of sp³-hybridized carbons (Fsp3) is 0.562. The third-order valence-corrected chi connectivity index (χ3v) is 3.99. The average Bonchev–Trinajstić information content (AvgIpc) is 2.39. The highest BCUT2D eigenvalue weighted by molar-refractivity contribution is 9.09. The third-order valence-electron chi connectivity index (χ3n) is 3.53. The summed E-state index contributed by atoms with van der Waals surface area (Å²) in [5, 5.41) is 4.05. The minimum absolute atomic E-state index is 0.0405. The first kappa shape index (κ1) is 16.2. The Hall–Kier alpha value is -0.830. The van der Waals surface area contributed by atoms with Gasteiger partial charge >= 0.3 is 0 Å².